The minimum atomic E-state index is -0.218. The molecule has 0 fully saturated rings. The molecule has 1 aliphatic rings. The Hall–Kier alpha value is -3.21. The number of benzene rings is 2. The second-order valence-corrected chi connectivity index (χ2v) is 6.88. The van der Waals surface area contributed by atoms with Gasteiger partial charge in [0, 0.05) is 25.0 Å². The van der Waals surface area contributed by atoms with Crippen molar-refractivity contribution in [3.05, 3.63) is 82.7 Å². The Morgan fingerprint density at radius 1 is 1.04 bits per heavy atom. The van der Waals surface area contributed by atoms with Gasteiger partial charge in [-0.25, -0.2) is 9.97 Å². The first kappa shape index (κ1) is 17.2. The van der Waals surface area contributed by atoms with Crippen molar-refractivity contribution in [2.75, 3.05) is 16.8 Å². The van der Waals surface area contributed by atoms with E-state index in [4.69, 9.17) is 0 Å². The van der Waals surface area contributed by atoms with Gasteiger partial charge in [-0.3, -0.25) is 4.79 Å². The van der Waals surface area contributed by atoms with Gasteiger partial charge in [0.15, 0.2) is 0 Å². The van der Waals surface area contributed by atoms with E-state index < -0.39 is 0 Å². The molecule has 0 bridgehead atoms. The highest BCUT2D eigenvalue weighted by molar-refractivity contribution is 6.03. The van der Waals surface area contributed by atoms with Gasteiger partial charge in [-0.2, -0.15) is 0 Å². The molecule has 0 aliphatic carbocycles. The number of nitrogens with one attached hydrogen (secondary N) is 1. The van der Waals surface area contributed by atoms with Crippen molar-refractivity contribution in [1.29, 1.82) is 0 Å². The number of fused-ring (bicyclic) bond motifs is 1. The van der Waals surface area contributed by atoms with Crippen LogP contribution in [0.2, 0.25) is 0 Å². The lowest BCUT2D eigenvalue weighted by molar-refractivity contribution is 0.102. The number of nitrogens with zero attached hydrogens (tertiary/aromatic N) is 3. The van der Waals surface area contributed by atoms with Gasteiger partial charge in [0.05, 0.1) is 0 Å². The number of hydrogen-bond donors (Lipinski definition) is 1. The van der Waals surface area contributed by atoms with Crippen LogP contribution in [-0.4, -0.2) is 22.4 Å². The van der Waals surface area contributed by atoms with Crippen LogP contribution in [0.25, 0.3) is 0 Å². The summed E-state index contributed by atoms with van der Waals surface area (Å²) in [6, 6.07) is 16.0. The smallest absolute Gasteiger partial charge is 0.274 e. The molecule has 2 heterocycles. The van der Waals surface area contributed by atoms with Gasteiger partial charge in [0.1, 0.15) is 5.69 Å². The maximum absolute atomic E-state index is 12.7. The number of aryl methyl sites for hydroxylation is 1. The number of hydrogen-bond acceptors (Lipinski definition) is 4. The SMILES string of the molecule is Cc1cccc(NC(=O)c2ccnc(N3CCc4ccccc4C3)n2)c1C. The van der Waals surface area contributed by atoms with Gasteiger partial charge in [0.2, 0.25) is 5.95 Å². The van der Waals surface area contributed by atoms with E-state index in [2.05, 4.69) is 44.5 Å². The minimum absolute atomic E-state index is 0.218. The number of rotatable bonds is 3. The average Bonchev–Trinajstić information content (AvgIpc) is 2.71. The Kier molecular flexibility index (Phi) is 4.59. The lowest BCUT2D eigenvalue weighted by atomic mass is 10.0. The van der Waals surface area contributed by atoms with Gasteiger partial charge >= 0.3 is 0 Å². The summed E-state index contributed by atoms with van der Waals surface area (Å²) in [6.07, 6.45) is 2.61. The van der Waals surface area contributed by atoms with Crippen LogP contribution < -0.4 is 10.2 Å². The Bertz CT molecular complexity index is 999. The summed E-state index contributed by atoms with van der Waals surface area (Å²) < 4.78 is 0. The Balaban J connectivity index is 1.54. The van der Waals surface area contributed by atoms with Crippen molar-refractivity contribution in [2.24, 2.45) is 0 Å². The molecule has 3 aromatic rings. The molecule has 1 aliphatic heterocycles. The van der Waals surface area contributed by atoms with E-state index in [1.54, 1.807) is 12.3 Å². The zero-order valence-electron chi connectivity index (χ0n) is 15.6. The quantitative estimate of drug-likeness (QED) is 0.771. The van der Waals surface area contributed by atoms with Crippen LogP contribution in [0.5, 0.6) is 0 Å². The van der Waals surface area contributed by atoms with E-state index in [-0.39, 0.29) is 5.91 Å². The Labute approximate surface area is 159 Å². The molecule has 1 amide bonds. The van der Waals surface area contributed by atoms with Crippen LogP contribution in [-0.2, 0) is 13.0 Å². The Morgan fingerprint density at radius 2 is 1.85 bits per heavy atom. The second-order valence-electron chi connectivity index (χ2n) is 6.88. The molecule has 27 heavy (non-hydrogen) atoms. The van der Waals surface area contributed by atoms with Crippen molar-refractivity contribution >= 4 is 17.5 Å². The van der Waals surface area contributed by atoms with Crippen LogP contribution in [0.3, 0.4) is 0 Å². The number of carbonyl (C=O) groups is 1. The monoisotopic (exact) mass is 358 g/mol. The molecule has 0 unspecified atom stereocenters. The molecule has 0 atom stereocenters. The number of amides is 1. The summed E-state index contributed by atoms with van der Waals surface area (Å²) in [5, 5.41) is 2.97. The standard InChI is InChI=1S/C22H22N4O/c1-15-6-5-9-19(16(15)2)24-21(27)20-10-12-23-22(25-20)26-13-11-17-7-3-4-8-18(17)14-26/h3-10,12H,11,13-14H2,1-2H3,(H,24,27). The lowest BCUT2D eigenvalue weighted by Gasteiger charge is -2.28. The molecule has 5 heteroatoms. The van der Waals surface area contributed by atoms with E-state index in [0.717, 1.165) is 36.3 Å². The fourth-order valence-corrected chi connectivity index (χ4v) is 3.37. The average molecular weight is 358 g/mol. The number of aromatic nitrogens is 2. The largest absolute Gasteiger partial charge is 0.336 e. The zero-order valence-corrected chi connectivity index (χ0v) is 15.6. The third-order valence-electron chi connectivity index (χ3n) is 5.14. The van der Waals surface area contributed by atoms with E-state index in [1.165, 1.54) is 11.1 Å². The highest BCUT2D eigenvalue weighted by Gasteiger charge is 2.19. The van der Waals surface area contributed by atoms with Crippen molar-refractivity contribution in [1.82, 2.24) is 9.97 Å². The molecular weight excluding hydrogens is 336 g/mol. The molecule has 0 spiro atoms. The fraction of sp³-hybridized carbons (Fsp3) is 0.227. The summed E-state index contributed by atoms with van der Waals surface area (Å²) in [6.45, 7) is 5.64. The molecule has 1 N–H and O–H groups in total. The molecule has 5 nitrogen and oxygen atoms in total. The first-order valence-electron chi connectivity index (χ1n) is 9.14. The highest BCUT2D eigenvalue weighted by Crippen LogP contribution is 2.22. The normalized spacial score (nSPS) is 13.2. The summed E-state index contributed by atoms with van der Waals surface area (Å²) in [5.74, 6) is 0.378. The predicted octanol–water partition coefficient (Wildman–Crippen LogP) is 3.91. The van der Waals surface area contributed by atoms with E-state index in [9.17, 15) is 4.79 Å². The van der Waals surface area contributed by atoms with Gasteiger partial charge in [-0.1, -0.05) is 36.4 Å². The molecule has 4 rings (SSSR count). The number of anilines is 2. The van der Waals surface area contributed by atoms with E-state index in [1.807, 2.05) is 32.0 Å². The van der Waals surface area contributed by atoms with Crippen LogP contribution in [0, 0.1) is 13.8 Å². The van der Waals surface area contributed by atoms with Gasteiger partial charge in [0.25, 0.3) is 5.91 Å². The molecule has 2 aromatic carbocycles. The van der Waals surface area contributed by atoms with Crippen molar-refractivity contribution < 1.29 is 4.79 Å². The third kappa shape index (κ3) is 3.53. The fourth-order valence-electron chi connectivity index (χ4n) is 3.37. The molecule has 0 saturated heterocycles. The van der Waals surface area contributed by atoms with Crippen LogP contribution in [0.15, 0.2) is 54.7 Å². The maximum Gasteiger partial charge on any atom is 0.274 e. The summed E-state index contributed by atoms with van der Waals surface area (Å²) in [7, 11) is 0. The van der Waals surface area contributed by atoms with Crippen molar-refractivity contribution in [2.45, 2.75) is 26.8 Å². The first-order valence-corrected chi connectivity index (χ1v) is 9.14. The topological polar surface area (TPSA) is 58.1 Å². The molecule has 136 valence electrons. The third-order valence-corrected chi connectivity index (χ3v) is 5.14. The second kappa shape index (κ2) is 7.19. The number of carbonyl (C=O) groups excluding carboxylic acids is 1. The van der Waals surface area contributed by atoms with E-state index >= 15 is 0 Å². The van der Waals surface area contributed by atoms with Crippen molar-refractivity contribution in [3.8, 4) is 0 Å². The summed E-state index contributed by atoms with van der Waals surface area (Å²) >= 11 is 0. The van der Waals surface area contributed by atoms with Crippen LogP contribution in [0.4, 0.5) is 11.6 Å². The maximum atomic E-state index is 12.7. The highest BCUT2D eigenvalue weighted by atomic mass is 16.1. The molecule has 0 radical (unpaired) electrons. The van der Waals surface area contributed by atoms with E-state index in [0.29, 0.717) is 11.6 Å². The first-order chi connectivity index (χ1) is 13.1. The lowest BCUT2D eigenvalue weighted by Crippen LogP contribution is -2.32. The van der Waals surface area contributed by atoms with Crippen LogP contribution >= 0.6 is 0 Å². The molecular formula is C22H22N4O. The predicted molar refractivity (Wildman–Crippen MR) is 107 cm³/mol. The van der Waals surface area contributed by atoms with Gasteiger partial charge < -0.3 is 10.2 Å². The minimum Gasteiger partial charge on any atom is -0.336 e. The Morgan fingerprint density at radius 3 is 2.70 bits per heavy atom. The van der Waals surface area contributed by atoms with Gasteiger partial charge in [-0.15, -0.1) is 0 Å². The zero-order chi connectivity index (χ0) is 18.8. The molecule has 0 saturated carbocycles. The summed E-state index contributed by atoms with van der Waals surface area (Å²) in [5.41, 5.74) is 6.05. The van der Waals surface area contributed by atoms with Crippen LogP contribution in [0.1, 0.15) is 32.7 Å². The van der Waals surface area contributed by atoms with Gasteiger partial charge in [-0.05, 0) is 54.7 Å². The summed E-state index contributed by atoms with van der Waals surface area (Å²) in [4.78, 5) is 23.7. The molecule has 1 aromatic heterocycles. The van der Waals surface area contributed by atoms with Crippen molar-refractivity contribution in [3.63, 3.8) is 0 Å².